The van der Waals surface area contributed by atoms with E-state index < -0.39 is 0 Å². The second kappa shape index (κ2) is 6.16. The molecule has 2 saturated heterocycles. The highest BCUT2D eigenvalue weighted by atomic mass is 16.5. The summed E-state index contributed by atoms with van der Waals surface area (Å²) in [5.74, 6) is 0.273. The summed E-state index contributed by atoms with van der Waals surface area (Å²) in [6.45, 7) is 6.63. The highest BCUT2D eigenvalue weighted by Gasteiger charge is 2.55. The maximum Gasteiger partial charge on any atom is 0.232 e. The van der Waals surface area contributed by atoms with Crippen LogP contribution in [0.3, 0.4) is 0 Å². The predicted molar refractivity (Wildman–Crippen MR) is 93.4 cm³/mol. The van der Waals surface area contributed by atoms with Gasteiger partial charge in [0.1, 0.15) is 0 Å². The molecular formula is C20H28N2O2. The maximum atomic E-state index is 12.8. The van der Waals surface area contributed by atoms with Crippen molar-refractivity contribution in [3.63, 3.8) is 0 Å². The third kappa shape index (κ3) is 2.56. The van der Waals surface area contributed by atoms with Gasteiger partial charge in [-0.3, -0.25) is 9.69 Å². The fourth-order valence-corrected chi connectivity index (χ4v) is 4.85. The van der Waals surface area contributed by atoms with E-state index in [0.29, 0.717) is 12.1 Å². The standard InChI is InChI=1S/C20H28N2O2/c1-20(2)18(15-8-4-3-5-9-15)22(19(20)23)14-21-12-13-24-17-11-7-6-10-16(17)21/h3-5,8-9,16-18H,6-7,10-14H2,1-2H3/t16-,17+,18-/m0/s1. The van der Waals surface area contributed by atoms with E-state index in [1.165, 1.54) is 31.2 Å². The van der Waals surface area contributed by atoms with Gasteiger partial charge in [-0.15, -0.1) is 0 Å². The lowest BCUT2D eigenvalue weighted by atomic mass is 9.71. The molecule has 0 unspecified atom stereocenters. The lowest BCUT2D eigenvalue weighted by molar-refractivity contribution is -0.181. The number of fused-ring (bicyclic) bond motifs is 1. The number of carbonyl (C=O) groups excluding carboxylic acids is 1. The van der Waals surface area contributed by atoms with E-state index >= 15 is 0 Å². The van der Waals surface area contributed by atoms with E-state index in [0.717, 1.165) is 19.8 Å². The number of benzene rings is 1. The first-order valence-corrected chi connectivity index (χ1v) is 9.31. The van der Waals surface area contributed by atoms with Gasteiger partial charge in [0.25, 0.3) is 0 Å². The topological polar surface area (TPSA) is 32.8 Å². The minimum atomic E-state index is -0.306. The maximum absolute atomic E-state index is 12.8. The number of likely N-dealkylation sites (tertiary alicyclic amines) is 1. The lowest BCUT2D eigenvalue weighted by Crippen LogP contribution is -2.65. The molecule has 3 aliphatic rings. The number of ether oxygens (including phenoxy) is 1. The van der Waals surface area contributed by atoms with Crippen molar-refractivity contribution in [2.24, 2.45) is 5.41 Å². The fourth-order valence-electron chi connectivity index (χ4n) is 4.85. The summed E-state index contributed by atoms with van der Waals surface area (Å²) < 4.78 is 5.98. The Morgan fingerprint density at radius 2 is 1.92 bits per heavy atom. The first-order valence-electron chi connectivity index (χ1n) is 9.31. The van der Waals surface area contributed by atoms with Crippen LogP contribution in [0, 0.1) is 5.41 Å². The van der Waals surface area contributed by atoms with Gasteiger partial charge in [0, 0.05) is 12.6 Å². The van der Waals surface area contributed by atoms with Gasteiger partial charge in [-0.05, 0) is 32.3 Å². The van der Waals surface area contributed by atoms with Gasteiger partial charge < -0.3 is 9.64 Å². The Balaban J connectivity index is 1.53. The van der Waals surface area contributed by atoms with Gasteiger partial charge in [-0.25, -0.2) is 0 Å². The van der Waals surface area contributed by atoms with E-state index in [1.54, 1.807) is 0 Å². The van der Waals surface area contributed by atoms with Crippen LogP contribution in [0.2, 0.25) is 0 Å². The Labute approximate surface area is 144 Å². The number of hydrogen-bond acceptors (Lipinski definition) is 3. The van der Waals surface area contributed by atoms with Gasteiger partial charge in [0.15, 0.2) is 0 Å². The van der Waals surface area contributed by atoms with Gasteiger partial charge in [-0.2, -0.15) is 0 Å². The van der Waals surface area contributed by atoms with Crippen LogP contribution < -0.4 is 0 Å². The molecule has 3 atom stereocenters. The van der Waals surface area contributed by atoms with Crippen molar-refractivity contribution in [3.05, 3.63) is 35.9 Å². The minimum Gasteiger partial charge on any atom is -0.375 e. The first-order chi connectivity index (χ1) is 11.6. The van der Waals surface area contributed by atoms with Crippen LogP contribution in [0.4, 0.5) is 0 Å². The molecule has 4 rings (SSSR count). The summed E-state index contributed by atoms with van der Waals surface area (Å²) in [6, 6.07) is 11.1. The second-order valence-corrected chi connectivity index (χ2v) is 8.02. The van der Waals surface area contributed by atoms with Crippen molar-refractivity contribution in [2.45, 2.75) is 57.7 Å². The Morgan fingerprint density at radius 1 is 1.17 bits per heavy atom. The Kier molecular flexibility index (Phi) is 4.13. The number of β-lactam (4-membered cyclic amide) rings is 1. The largest absolute Gasteiger partial charge is 0.375 e. The van der Waals surface area contributed by atoms with Crippen LogP contribution in [-0.4, -0.2) is 47.7 Å². The van der Waals surface area contributed by atoms with Gasteiger partial charge >= 0.3 is 0 Å². The molecule has 0 spiro atoms. The smallest absolute Gasteiger partial charge is 0.232 e. The number of carbonyl (C=O) groups is 1. The summed E-state index contributed by atoms with van der Waals surface area (Å²) in [6.07, 6.45) is 5.29. The van der Waals surface area contributed by atoms with Gasteiger partial charge in [0.2, 0.25) is 5.91 Å². The fraction of sp³-hybridized carbons (Fsp3) is 0.650. The van der Waals surface area contributed by atoms with E-state index in [2.05, 4.69) is 47.9 Å². The van der Waals surface area contributed by atoms with Crippen molar-refractivity contribution in [1.29, 1.82) is 0 Å². The Bertz CT molecular complexity index is 599. The normalized spacial score (nSPS) is 33.0. The average molecular weight is 328 g/mol. The molecule has 1 amide bonds. The van der Waals surface area contributed by atoms with Crippen LogP contribution in [-0.2, 0) is 9.53 Å². The molecule has 0 radical (unpaired) electrons. The Morgan fingerprint density at radius 3 is 2.71 bits per heavy atom. The highest BCUT2D eigenvalue weighted by molar-refractivity contribution is 5.89. The molecule has 2 heterocycles. The second-order valence-electron chi connectivity index (χ2n) is 8.02. The molecule has 0 aromatic heterocycles. The molecular weight excluding hydrogens is 300 g/mol. The molecule has 0 bridgehead atoms. The van der Waals surface area contributed by atoms with E-state index in [9.17, 15) is 4.79 Å². The predicted octanol–water partition coefficient (Wildman–Crippen LogP) is 3.20. The number of hydrogen-bond donors (Lipinski definition) is 0. The van der Waals surface area contributed by atoms with E-state index in [4.69, 9.17) is 4.74 Å². The quantitative estimate of drug-likeness (QED) is 0.799. The first kappa shape index (κ1) is 16.1. The number of amides is 1. The summed E-state index contributed by atoms with van der Waals surface area (Å²) in [7, 11) is 0. The van der Waals surface area contributed by atoms with Crippen LogP contribution in [0.15, 0.2) is 30.3 Å². The van der Waals surface area contributed by atoms with Crippen molar-refractivity contribution < 1.29 is 9.53 Å². The van der Waals surface area contributed by atoms with Crippen LogP contribution in [0.1, 0.15) is 51.1 Å². The number of morpholine rings is 1. The zero-order valence-electron chi connectivity index (χ0n) is 14.8. The summed E-state index contributed by atoms with van der Waals surface area (Å²) in [4.78, 5) is 17.3. The molecule has 4 heteroatoms. The summed E-state index contributed by atoms with van der Waals surface area (Å²) >= 11 is 0. The molecule has 1 aromatic carbocycles. The minimum absolute atomic E-state index is 0.177. The molecule has 1 aromatic rings. The van der Waals surface area contributed by atoms with E-state index in [-0.39, 0.29) is 17.4 Å². The Hall–Kier alpha value is -1.39. The average Bonchev–Trinajstić information content (AvgIpc) is 2.62. The molecule has 0 N–H and O–H groups in total. The SMILES string of the molecule is CC1(C)C(=O)N(CN2CCO[C@@H]3CCCC[C@@H]32)[C@H]1c1ccccc1. The molecule has 1 saturated carbocycles. The monoisotopic (exact) mass is 328 g/mol. The van der Waals surface area contributed by atoms with Crippen molar-refractivity contribution in [1.82, 2.24) is 9.80 Å². The summed E-state index contributed by atoms with van der Waals surface area (Å²) in [5.41, 5.74) is 0.940. The number of nitrogens with zero attached hydrogens (tertiary/aromatic N) is 2. The lowest BCUT2D eigenvalue weighted by Gasteiger charge is -2.56. The van der Waals surface area contributed by atoms with Crippen molar-refractivity contribution in [3.8, 4) is 0 Å². The van der Waals surface area contributed by atoms with Crippen molar-refractivity contribution in [2.75, 3.05) is 19.8 Å². The molecule has 4 nitrogen and oxygen atoms in total. The molecule has 2 aliphatic heterocycles. The van der Waals surface area contributed by atoms with Crippen molar-refractivity contribution >= 4 is 5.91 Å². The number of rotatable bonds is 3. The van der Waals surface area contributed by atoms with E-state index in [1.807, 2.05) is 6.07 Å². The molecule has 1 aliphatic carbocycles. The van der Waals surface area contributed by atoms with Crippen LogP contribution in [0.25, 0.3) is 0 Å². The van der Waals surface area contributed by atoms with Crippen LogP contribution in [0.5, 0.6) is 0 Å². The summed E-state index contributed by atoms with van der Waals surface area (Å²) in [5, 5.41) is 0. The molecule has 3 fully saturated rings. The molecule has 130 valence electrons. The van der Waals surface area contributed by atoms with Crippen LogP contribution >= 0.6 is 0 Å². The molecule has 24 heavy (non-hydrogen) atoms. The zero-order valence-corrected chi connectivity index (χ0v) is 14.8. The third-order valence-corrected chi connectivity index (χ3v) is 6.10. The van der Waals surface area contributed by atoms with Gasteiger partial charge in [0.05, 0.1) is 30.8 Å². The highest BCUT2D eigenvalue weighted by Crippen LogP contribution is 2.49. The third-order valence-electron chi connectivity index (χ3n) is 6.10. The zero-order chi connectivity index (χ0) is 16.7. The van der Waals surface area contributed by atoms with Gasteiger partial charge in [-0.1, -0.05) is 43.2 Å².